The van der Waals surface area contributed by atoms with Crippen molar-refractivity contribution >= 4 is 5.82 Å². The highest BCUT2D eigenvalue weighted by molar-refractivity contribution is 5.70. The summed E-state index contributed by atoms with van der Waals surface area (Å²) in [5.41, 5.74) is 8.36. The average Bonchev–Trinajstić information content (AvgIpc) is 3.35. The summed E-state index contributed by atoms with van der Waals surface area (Å²) in [6, 6.07) is 6.74. The third kappa shape index (κ3) is 2.41. The monoisotopic (exact) mass is 378 g/mol. The lowest BCUT2D eigenvalue weighted by atomic mass is 9.91. The second-order valence-electron chi connectivity index (χ2n) is 9.16. The van der Waals surface area contributed by atoms with Crippen LogP contribution >= 0.6 is 0 Å². The summed E-state index contributed by atoms with van der Waals surface area (Å²) in [4.78, 5) is 3.78. The molecule has 28 heavy (non-hydrogen) atoms. The molecule has 1 unspecified atom stereocenters. The molecule has 0 spiro atoms. The van der Waals surface area contributed by atoms with E-state index in [2.05, 4.69) is 55.4 Å². The van der Waals surface area contributed by atoms with Crippen molar-refractivity contribution in [1.29, 1.82) is 0 Å². The number of rotatable bonds is 3. The van der Waals surface area contributed by atoms with Gasteiger partial charge >= 0.3 is 0 Å². The van der Waals surface area contributed by atoms with Gasteiger partial charge in [-0.1, -0.05) is 45.9 Å². The molecule has 148 valence electrons. The Balaban J connectivity index is 1.77. The van der Waals surface area contributed by atoms with Crippen molar-refractivity contribution in [3.63, 3.8) is 0 Å². The Morgan fingerprint density at radius 3 is 2.36 bits per heavy atom. The molecule has 3 aliphatic rings. The summed E-state index contributed by atoms with van der Waals surface area (Å²) >= 11 is 0. The van der Waals surface area contributed by atoms with Crippen LogP contribution in [0.1, 0.15) is 84.4 Å². The van der Waals surface area contributed by atoms with Crippen LogP contribution in [0.4, 0.5) is 5.82 Å². The van der Waals surface area contributed by atoms with Gasteiger partial charge in [0.25, 0.3) is 0 Å². The van der Waals surface area contributed by atoms with Gasteiger partial charge in [-0.2, -0.15) is 0 Å². The van der Waals surface area contributed by atoms with Crippen LogP contribution in [0.5, 0.6) is 0 Å². The van der Waals surface area contributed by atoms with Crippen LogP contribution in [0.15, 0.2) is 30.6 Å². The Morgan fingerprint density at radius 1 is 0.964 bits per heavy atom. The van der Waals surface area contributed by atoms with Crippen LogP contribution in [0.3, 0.4) is 0 Å². The second kappa shape index (κ2) is 6.43. The van der Waals surface area contributed by atoms with E-state index in [0.29, 0.717) is 11.8 Å². The summed E-state index contributed by atoms with van der Waals surface area (Å²) < 4.78 is 26.5. The molecule has 1 aromatic heterocycles. The van der Waals surface area contributed by atoms with Crippen LogP contribution in [0, 0.1) is 0 Å². The Hall–Kier alpha value is -2.16. The molecule has 1 aliphatic carbocycles. The summed E-state index contributed by atoms with van der Waals surface area (Å²) in [6.45, 7) is 6.97. The molecule has 0 N–H and O–H groups in total. The molecular weight excluding hydrogens is 342 g/mol. The maximum Gasteiger partial charge on any atom is 0.122 e. The van der Waals surface area contributed by atoms with E-state index in [-0.39, 0.29) is 6.17 Å². The largest absolute Gasteiger partial charge is 0.358 e. The number of nitrogens with zero attached hydrogens (tertiary/aromatic N) is 3. The minimum atomic E-state index is -2.12. The van der Waals surface area contributed by atoms with Crippen molar-refractivity contribution in [1.82, 2.24) is 9.47 Å². The topological polar surface area (TPSA) is 11.4 Å². The van der Waals surface area contributed by atoms with Gasteiger partial charge in [0.05, 0.1) is 5.69 Å². The number of fused-ring (bicyclic) bond motifs is 5. The van der Waals surface area contributed by atoms with Gasteiger partial charge < -0.3 is 9.80 Å². The van der Waals surface area contributed by atoms with Crippen LogP contribution in [0.25, 0.3) is 5.69 Å². The van der Waals surface area contributed by atoms with Crippen molar-refractivity contribution in [2.45, 2.75) is 77.8 Å². The number of hydrogen-bond acceptors (Lipinski definition) is 2. The van der Waals surface area contributed by atoms with Crippen molar-refractivity contribution in [2.24, 2.45) is 0 Å². The van der Waals surface area contributed by atoms with Crippen molar-refractivity contribution < 1.29 is 4.11 Å². The Labute approximate surface area is 173 Å². The van der Waals surface area contributed by atoms with Crippen LogP contribution in [-0.4, -0.2) is 22.6 Å². The molecule has 0 fully saturated rings. The smallest absolute Gasteiger partial charge is 0.122 e. The highest BCUT2D eigenvalue weighted by Gasteiger charge is 2.41. The maximum atomic E-state index is 8.00. The Bertz CT molecular complexity index is 1020. The Kier molecular flexibility index (Phi) is 3.40. The zero-order chi connectivity index (χ0) is 22.1. The predicted octanol–water partition coefficient (Wildman–Crippen LogP) is 5.71. The molecule has 0 saturated carbocycles. The molecule has 0 radical (unpaired) electrons. The zero-order valence-corrected chi connectivity index (χ0v) is 17.5. The van der Waals surface area contributed by atoms with E-state index in [4.69, 9.17) is 4.11 Å². The third-order valence-corrected chi connectivity index (χ3v) is 6.78. The predicted molar refractivity (Wildman–Crippen MR) is 117 cm³/mol. The van der Waals surface area contributed by atoms with Crippen LogP contribution in [-0.2, 0) is 19.3 Å². The van der Waals surface area contributed by atoms with Gasteiger partial charge in [0, 0.05) is 41.2 Å². The lowest BCUT2D eigenvalue weighted by Crippen LogP contribution is -2.35. The maximum absolute atomic E-state index is 8.00. The molecule has 2 aromatic rings. The van der Waals surface area contributed by atoms with Gasteiger partial charge in [-0.15, -0.1) is 0 Å². The van der Waals surface area contributed by atoms with Crippen molar-refractivity contribution in [2.75, 3.05) is 11.9 Å². The quantitative estimate of drug-likeness (QED) is 0.678. The van der Waals surface area contributed by atoms with E-state index in [1.54, 1.807) is 11.1 Å². The van der Waals surface area contributed by atoms with Crippen LogP contribution < -0.4 is 4.90 Å². The first-order chi connectivity index (χ1) is 14.7. The number of benzene rings is 1. The minimum absolute atomic E-state index is 0.148. The van der Waals surface area contributed by atoms with Gasteiger partial charge in [0.15, 0.2) is 0 Å². The molecular formula is C25H33N3. The average molecular weight is 379 g/mol. The fourth-order valence-corrected chi connectivity index (χ4v) is 5.42. The summed E-state index contributed by atoms with van der Waals surface area (Å²) in [5, 5.41) is 0. The summed E-state index contributed by atoms with van der Waals surface area (Å²) in [5.74, 6) is 2.03. The van der Waals surface area contributed by atoms with E-state index >= 15 is 0 Å². The SMILES string of the molecule is [2H]C([2H])([2H])N1C=CN2c3c(c4c(n3-c3c(C(C)C)cccc3C(C)C)CCCC4)CC21. The van der Waals surface area contributed by atoms with E-state index in [1.807, 2.05) is 6.20 Å². The molecule has 3 heteroatoms. The molecule has 1 aromatic carbocycles. The van der Waals surface area contributed by atoms with E-state index < -0.39 is 6.98 Å². The number of anilines is 1. The molecule has 0 saturated heterocycles. The number of likely N-dealkylation sites (N-methyl/N-ethyl adjacent to an activating group) is 1. The molecule has 0 bridgehead atoms. The number of hydrogen-bond donors (Lipinski definition) is 0. The normalized spacial score (nSPS) is 22.4. The van der Waals surface area contributed by atoms with Gasteiger partial charge in [0.2, 0.25) is 0 Å². The van der Waals surface area contributed by atoms with E-state index in [1.165, 1.54) is 52.3 Å². The highest BCUT2D eigenvalue weighted by Crippen LogP contribution is 2.47. The number of aromatic nitrogens is 1. The summed E-state index contributed by atoms with van der Waals surface area (Å²) in [7, 11) is 0. The summed E-state index contributed by atoms with van der Waals surface area (Å²) in [6.07, 6.45) is 9.00. The van der Waals surface area contributed by atoms with Gasteiger partial charge in [0.1, 0.15) is 12.0 Å². The molecule has 0 amide bonds. The molecule has 3 heterocycles. The van der Waals surface area contributed by atoms with Gasteiger partial charge in [-0.05, 0) is 54.2 Å². The van der Waals surface area contributed by atoms with Gasteiger partial charge in [-0.3, -0.25) is 4.57 Å². The first-order valence-electron chi connectivity index (χ1n) is 12.3. The lowest BCUT2D eigenvalue weighted by Gasteiger charge is -2.29. The minimum Gasteiger partial charge on any atom is -0.358 e. The number of para-hydroxylation sites is 1. The fraction of sp³-hybridized carbons (Fsp3) is 0.520. The van der Waals surface area contributed by atoms with Gasteiger partial charge in [-0.25, -0.2) is 0 Å². The third-order valence-electron chi connectivity index (χ3n) is 6.78. The molecule has 1 atom stereocenters. The van der Waals surface area contributed by atoms with Crippen LogP contribution in [0.2, 0.25) is 0 Å². The van der Waals surface area contributed by atoms with Crippen molar-refractivity contribution in [3.8, 4) is 5.69 Å². The lowest BCUT2D eigenvalue weighted by molar-refractivity contribution is 0.366. The van der Waals surface area contributed by atoms with E-state index in [9.17, 15) is 0 Å². The Morgan fingerprint density at radius 2 is 1.68 bits per heavy atom. The van der Waals surface area contributed by atoms with E-state index in [0.717, 1.165) is 19.3 Å². The molecule has 3 nitrogen and oxygen atoms in total. The molecule has 2 aliphatic heterocycles. The van der Waals surface area contributed by atoms with Crippen molar-refractivity contribution in [3.05, 3.63) is 58.5 Å². The fourth-order valence-electron chi connectivity index (χ4n) is 5.42. The zero-order valence-electron chi connectivity index (χ0n) is 20.5. The first-order valence-corrected chi connectivity index (χ1v) is 10.8. The highest BCUT2D eigenvalue weighted by atomic mass is 15.4. The standard InChI is InChI=1S/C25H33N3/c1-16(2)18-10-8-11-19(17(3)4)24(18)28-22-12-7-6-9-20(22)21-15-23-26(5)13-14-27(23)25(21)28/h8,10-11,13-14,16-17,23H,6-7,9,12,15H2,1-5H3/i5D3. The molecule has 5 rings (SSSR count). The second-order valence-corrected chi connectivity index (χ2v) is 9.16. The first kappa shape index (κ1) is 14.8.